The van der Waals surface area contributed by atoms with E-state index in [-0.39, 0.29) is 18.0 Å². The maximum absolute atomic E-state index is 12.1. The summed E-state index contributed by atoms with van der Waals surface area (Å²) in [4.78, 5) is 24.9. The van der Waals surface area contributed by atoms with Gasteiger partial charge in [-0.3, -0.25) is 4.79 Å². The number of likely N-dealkylation sites (tertiary alicyclic amines) is 1. The van der Waals surface area contributed by atoms with Gasteiger partial charge in [0, 0.05) is 32.6 Å². The van der Waals surface area contributed by atoms with Crippen LogP contribution in [0.5, 0.6) is 0 Å². The minimum absolute atomic E-state index is 0.0439. The highest BCUT2D eigenvalue weighted by molar-refractivity contribution is 5.75. The van der Waals surface area contributed by atoms with Gasteiger partial charge >= 0.3 is 6.03 Å². The molecule has 1 aromatic carbocycles. The average Bonchev–Trinajstić information content (AvgIpc) is 2.85. The molecule has 21 heavy (non-hydrogen) atoms. The van der Waals surface area contributed by atoms with E-state index in [0.717, 1.165) is 12.0 Å². The number of carbonyl (C=O) groups excluding carboxylic acids is 2. The largest absolute Gasteiger partial charge is 0.352 e. The second-order valence-electron chi connectivity index (χ2n) is 5.72. The van der Waals surface area contributed by atoms with E-state index in [1.807, 2.05) is 0 Å². The molecule has 5 heteroatoms. The van der Waals surface area contributed by atoms with Gasteiger partial charge in [0.2, 0.25) is 5.91 Å². The van der Waals surface area contributed by atoms with Gasteiger partial charge in [-0.05, 0) is 31.4 Å². The summed E-state index contributed by atoms with van der Waals surface area (Å²) in [5.74, 6) is -0.0439. The number of aryl methyl sites for hydroxylation is 2. The Labute approximate surface area is 125 Å². The van der Waals surface area contributed by atoms with Crippen molar-refractivity contribution in [1.29, 1.82) is 0 Å². The third kappa shape index (κ3) is 4.21. The van der Waals surface area contributed by atoms with Crippen LogP contribution >= 0.6 is 0 Å². The molecule has 0 radical (unpaired) electrons. The second kappa shape index (κ2) is 6.61. The summed E-state index contributed by atoms with van der Waals surface area (Å²) in [5.41, 5.74) is 3.54. The van der Waals surface area contributed by atoms with Gasteiger partial charge in [0.1, 0.15) is 0 Å². The number of carbonyl (C=O) groups is 2. The summed E-state index contributed by atoms with van der Waals surface area (Å²) < 4.78 is 0. The zero-order chi connectivity index (χ0) is 15.4. The average molecular weight is 289 g/mol. The number of hydrogen-bond donors (Lipinski definition) is 2. The van der Waals surface area contributed by atoms with Crippen molar-refractivity contribution in [2.24, 2.45) is 0 Å². The van der Waals surface area contributed by atoms with Crippen LogP contribution in [0.2, 0.25) is 0 Å². The number of nitrogens with zero attached hydrogens (tertiary/aromatic N) is 1. The predicted molar refractivity (Wildman–Crippen MR) is 81.9 cm³/mol. The van der Waals surface area contributed by atoms with Crippen LogP contribution in [0.3, 0.4) is 0 Å². The van der Waals surface area contributed by atoms with E-state index < -0.39 is 0 Å². The van der Waals surface area contributed by atoms with Crippen molar-refractivity contribution in [2.75, 3.05) is 13.1 Å². The summed E-state index contributed by atoms with van der Waals surface area (Å²) in [6.45, 7) is 7.41. The van der Waals surface area contributed by atoms with Crippen LogP contribution in [0, 0.1) is 13.8 Å². The fourth-order valence-corrected chi connectivity index (χ4v) is 2.68. The lowest BCUT2D eigenvalue weighted by Gasteiger charge is -2.18. The summed E-state index contributed by atoms with van der Waals surface area (Å²) in [5, 5.41) is 5.80. The minimum atomic E-state index is -0.0668. The number of benzene rings is 1. The number of rotatable bonds is 3. The highest BCUT2D eigenvalue weighted by atomic mass is 16.2. The first-order valence-corrected chi connectivity index (χ1v) is 7.31. The van der Waals surface area contributed by atoms with Crippen molar-refractivity contribution in [3.8, 4) is 0 Å². The third-order valence-corrected chi connectivity index (χ3v) is 3.81. The van der Waals surface area contributed by atoms with Gasteiger partial charge in [-0.25, -0.2) is 4.79 Å². The molecule has 1 atom stereocenters. The number of nitrogens with one attached hydrogen (secondary N) is 2. The lowest BCUT2D eigenvalue weighted by Crippen LogP contribution is -2.41. The third-order valence-electron chi connectivity index (χ3n) is 3.81. The molecule has 1 aliphatic heterocycles. The van der Waals surface area contributed by atoms with Crippen molar-refractivity contribution in [3.63, 3.8) is 0 Å². The normalized spacial score (nSPS) is 17.7. The molecular formula is C16H23N3O2. The molecule has 3 amide bonds. The van der Waals surface area contributed by atoms with Crippen LogP contribution in [0.25, 0.3) is 0 Å². The van der Waals surface area contributed by atoms with E-state index in [2.05, 4.69) is 42.7 Å². The van der Waals surface area contributed by atoms with Gasteiger partial charge in [-0.15, -0.1) is 0 Å². The minimum Gasteiger partial charge on any atom is -0.352 e. The van der Waals surface area contributed by atoms with Gasteiger partial charge in [0.25, 0.3) is 0 Å². The van der Waals surface area contributed by atoms with E-state index in [9.17, 15) is 9.59 Å². The molecule has 1 saturated heterocycles. The molecule has 0 saturated carbocycles. The molecule has 114 valence electrons. The topological polar surface area (TPSA) is 61.4 Å². The lowest BCUT2D eigenvalue weighted by molar-refractivity contribution is -0.119. The fraction of sp³-hybridized carbons (Fsp3) is 0.500. The fourth-order valence-electron chi connectivity index (χ4n) is 2.68. The summed E-state index contributed by atoms with van der Waals surface area (Å²) in [6, 6.07) is 6.23. The van der Waals surface area contributed by atoms with Crippen molar-refractivity contribution >= 4 is 11.9 Å². The van der Waals surface area contributed by atoms with Gasteiger partial charge in [0.15, 0.2) is 0 Å². The first kappa shape index (κ1) is 15.4. The number of amides is 3. The first-order valence-electron chi connectivity index (χ1n) is 7.31. The quantitative estimate of drug-likeness (QED) is 0.890. The monoisotopic (exact) mass is 289 g/mol. The lowest BCUT2D eigenvalue weighted by atomic mass is 10.1. The Kier molecular flexibility index (Phi) is 4.83. The van der Waals surface area contributed by atoms with E-state index in [1.54, 1.807) is 4.90 Å². The van der Waals surface area contributed by atoms with Gasteiger partial charge in [0.05, 0.1) is 0 Å². The standard InChI is InChI=1S/C16H23N3O2/c1-11-4-5-14(12(2)8-11)9-17-16(21)19-7-6-15(10-19)18-13(3)20/h4-5,8,15H,6-7,9-10H2,1-3H3,(H,17,21)(H,18,20)/t15-/m1/s1. The Morgan fingerprint density at radius 1 is 1.33 bits per heavy atom. The highest BCUT2D eigenvalue weighted by Crippen LogP contribution is 2.12. The summed E-state index contributed by atoms with van der Waals surface area (Å²) >= 11 is 0. The zero-order valence-corrected chi connectivity index (χ0v) is 12.9. The van der Waals surface area contributed by atoms with Crippen molar-refractivity contribution in [2.45, 2.75) is 39.8 Å². The van der Waals surface area contributed by atoms with E-state index in [4.69, 9.17) is 0 Å². The molecule has 5 nitrogen and oxygen atoms in total. The maximum Gasteiger partial charge on any atom is 0.317 e. The van der Waals surface area contributed by atoms with E-state index >= 15 is 0 Å². The van der Waals surface area contributed by atoms with Crippen LogP contribution in [0.4, 0.5) is 4.79 Å². The summed E-state index contributed by atoms with van der Waals surface area (Å²) in [7, 11) is 0. The van der Waals surface area contributed by atoms with Crippen LogP contribution in [0.15, 0.2) is 18.2 Å². The zero-order valence-electron chi connectivity index (χ0n) is 12.9. The van der Waals surface area contributed by atoms with Crippen molar-refractivity contribution in [1.82, 2.24) is 15.5 Å². The van der Waals surface area contributed by atoms with Gasteiger partial charge < -0.3 is 15.5 Å². The van der Waals surface area contributed by atoms with Crippen molar-refractivity contribution < 1.29 is 9.59 Å². The smallest absolute Gasteiger partial charge is 0.317 e. The first-order chi connectivity index (χ1) is 9.95. The summed E-state index contributed by atoms with van der Waals surface area (Å²) in [6.07, 6.45) is 0.816. The molecular weight excluding hydrogens is 266 g/mol. The second-order valence-corrected chi connectivity index (χ2v) is 5.72. The van der Waals surface area contributed by atoms with Crippen LogP contribution in [-0.2, 0) is 11.3 Å². The Hall–Kier alpha value is -2.04. The molecule has 0 aliphatic carbocycles. The van der Waals surface area contributed by atoms with Crippen LogP contribution in [-0.4, -0.2) is 36.0 Å². The Bertz CT molecular complexity index is 542. The molecule has 1 fully saturated rings. The maximum atomic E-state index is 12.1. The van der Waals surface area contributed by atoms with E-state index in [0.29, 0.717) is 19.6 Å². The Balaban J connectivity index is 1.84. The van der Waals surface area contributed by atoms with E-state index in [1.165, 1.54) is 18.1 Å². The molecule has 1 heterocycles. The van der Waals surface area contributed by atoms with Crippen LogP contribution < -0.4 is 10.6 Å². The molecule has 0 aromatic heterocycles. The highest BCUT2D eigenvalue weighted by Gasteiger charge is 2.26. The molecule has 1 aliphatic rings. The Morgan fingerprint density at radius 2 is 2.10 bits per heavy atom. The molecule has 0 unspecified atom stereocenters. The Morgan fingerprint density at radius 3 is 2.76 bits per heavy atom. The predicted octanol–water partition coefficient (Wildman–Crippen LogP) is 1.72. The molecule has 0 spiro atoms. The molecule has 0 bridgehead atoms. The number of hydrogen-bond acceptors (Lipinski definition) is 2. The SMILES string of the molecule is CC(=O)N[C@@H]1CCN(C(=O)NCc2ccc(C)cc2C)C1. The van der Waals surface area contributed by atoms with Gasteiger partial charge in [-0.1, -0.05) is 23.8 Å². The molecule has 2 rings (SSSR count). The molecule has 2 N–H and O–H groups in total. The molecule has 1 aromatic rings. The van der Waals surface area contributed by atoms with Crippen molar-refractivity contribution in [3.05, 3.63) is 34.9 Å². The van der Waals surface area contributed by atoms with Crippen LogP contribution in [0.1, 0.15) is 30.0 Å². The van der Waals surface area contributed by atoms with Gasteiger partial charge in [-0.2, -0.15) is 0 Å². The number of urea groups is 1.